The molecule has 0 spiro atoms. The second-order valence-corrected chi connectivity index (χ2v) is 7.52. The highest BCUT2D eigenvalue weighted by atomic mass is 19.4. The molecule has 0 aliphatic carbocycles. The third-order valence-electron chi connectivity index (χ3n) is 5.31. The van der Waals surface area contributed by atoms with Crippen LogP contribution in [0, 0.1) is 5.92 Å². The van der Waals surface area contributed by atoms with Crippen molar-refractivity contribution in [2.45, 2.75) is 57.0 Å². The Labute approximate surface area is 184 Å². The van der Waals surface area contributed by atoms with Gasteiger partial charge in [-0.2, -0.15) is 13.2 Å². The van der Waals surface area contributed by atoms with Gasteiger partial charge in [0.2, 0.25) is 5.91 Å². The normalized spacial score (nSPS) is 19.6. The van der Waals surface area contributed by atoms with Gasteiger partial charge in [-0.3, -0.25) is 4.79 Å². The number of carboxylic acids is 2. The van der Waals surface area contributed by atoms with E-state index in [9.17, 15) is 27.9 Å². The van der Waals surface area contributed by atoms with E-state index >= 15 is 0 Å². The summed E-state index contributed by atoms with van der Waals surface area (Å²) in [5.41, 5.74) is 0.878. The van der Waals surface area contributed by atoms with Crippen LogP contribution in [0.2, 0.25) is 0 Å². The van der Waals surface area contributed by atoms with Crippen molar-refractivity contribution >= 4 is 17.8 Å². The van der Waals surface area contributed by atoms with Gasteiger partial charge in [0.05, 0.1) is 12.0 Å². The number of alkyl halides is 3. The molecule has 11 heteroatoms. The van der Waals surface area contributed by atoms with E-state index in [1.54, 1.807) is 14.0 Å². The summed E-state index contributed by atoms with van der Waals surface area (Å²) in [6, 6.07) is 8.49. The topological polar surface area (TPSA) is 125 Å². The minimum absolute atomic E-state index is 0.126. The summed E-state index contributed by atoms with van der Waals surface area (Å²) < 4.78 is 37.3. The molecule has 1 aromatic rings. The highest BCUT2D eigenvalue weighted by molar-refractivity contribution is 5.86. The van der Waals surface area contributed by atoms with Gasteiger partial charge in [0.15, 0.2) is 0 Å². The highest BCUT2D eigenvalue weighted by Crippen LogP contribution is 2.22. The molecule has 1 amide bonds. The number of nitrogens with one attached hydrogen (secondary N) is 2. The SMILES string of the molecule is CO[C@@H]([C@@H]1CCCN1)[C@@H](C)C(=O)N[C@H](C(=O)O)[C@@H](C)c1ccccc1.O=C(O)C(F)(F)F. The molecule has 1 aliphatic rings. The molecule has 1 saturated heterocycles. The first-order valence-corrected chi connectivity index (χ1v) is 10.0. The number of rotatable bonds is 8. The Kier molecular flexibility index (Phi) is 10.6. The van der Waals surface area contributed by atoms with Gasteiger partial charge in [-0.1, -0.05) is 44.2 Å². The summed E-state index contributed by atoms with van der Waals surface area (Å²) in [5, 5.41) is 22.8. The van der Waals surface area contributed by atoms with E-state index in [1.165, 1.54) is 0 Å². The van der Waals surface area contributed by atoms with Crippen molar-refractivity contribution in [1.29, 1.82) is 0 Å². The lowest BCUT2D eigenvalue weighted by molar-refractivity contribution is -0.192. The molecule has 1 aromatic carbocycles. The third kappa shape index (κ3) is 8.12. The Morgan fingerprint density at radius 2 is 1.72 bits per heavy atom. The molecule has 0 saturated carbocycles. The predicted molar refractivity (Wildman–Crippen MR) is 109 cm³/mol. The fraction of sp³-hybridized carbons (Fsp3) is 0.571. The van der Waals surface area contributed by atoms with Crippen molar-refractivity contribution < 1.29 is 42.5 Å². The zero-order valence-corrected chi connectivity index (χ0v) is 18.1. The molecule has 2 rings (SSSR count). The maximum Gasteiger partial charge on any atom is 0.490 e. The molecule has 5 atom stereocenters. The molecule has 1 aliphatic heterocycles. The molecular weight excluding hydrogens is 433 g/mol. The van der Waals surface area contributed by atoms with E-state index in [-0.39, 0.29) is 24.0 Å². The summed E-state index contributed by atoms with van der Waals surface area (Å²) >= 11 is 0. The molecule has 0 unspecified atom stereocenters. The van der Waals surface area contributed by atoms with E-state index < -0.39 is 30.1 Å². The Morgan fingerprint density at radius 3 is 2.12 bits per heavy atom. The van der Waals surface area contributed by atoms with Crippen LogP contribution in [0.5, 0.6) is 0 Å². The van der Waals surface area contributed by atoms with E-state index in [1.807, 2.05) is 37.3 Å². The second kappa shape index (κ2) is 12.4. The Morgan fingerprint density at radius 1 is 1.16 bits per heavy atom. The number of amides is 1. The highest BCUT2D eigenvalue weighted by Gasteiger charge is 2.38. The number of benzene rings is 1. The van der Waals surface area contributed by atoms with Gasteiger partial charge >= 0.3 is 18.1 Å². The first-order chi connectivity index (χ1) is 14.9. The van der Waals surface area contributed by atoms with Crippen molar-refractivity contribution in [1.82, 2.24) is 10.6 Å². The summed E-state index contributed by atoms with van der Waals surface area (Å²) in [6.07, 6.45) is -3.34. The van der Waals surface area contributed by atoms with E-state index in [2.05, 4.69) is 10.6 Å². The van der Waals surface area contributed by atoms with Crippen molar-refractivity contribution in [2.24, 2.45) is 5.92 Å². The minimum Gasteiger partial charge on any atom is -0.480 e. The lowest BCUT2D eigenvalue weighted by Gasteiger charge is -2.29. The fourth-order valence-electron chi connectivity index (χ4n) is 3.49. The number of halogens is 3. The number of ether oxygens (including phenoxy) is 1. The molecule has 0 aromatic heterocycles. The lowest BCUT2D eigenvalue weighted by Crippen LogP contribution is -2.51. The van der Waals surface area contributed by atoms with Crippen molar-refractivity contribution in [3.63, 3.8) is 0 Å². The number of methoxy groups -OCH3 is 1. The first-order valence-electron chi connectivity index (χ1n) is 10.0. The minimum atomic E-state index is -5.08. The number of hydrogen-bond donors (Lipinski definition) is 4. The maximum atomic E-state index is 12.7. The van der Waals surface area contributed by atoms with Crippen molar-refractivity contribution in [3.05, 3.63) is 35.9 Å². The Hall–Kier alpha value is -2.66. The molecule has 0 bridgehead atoms. The van der Waals surface area contributed by atoms with Crippen LogP contribution < -0.4 is 10.6 Å². The zero-order valence-electron chi connectivity index (χ0n) is 18.1. The molecule has 1 fully saturated rings. The van der Waals surface area contributed by atoms with Gasteiger partial charge in [0.1, 0.15) is 6.04 Å². The number of aliphatic carboxylic acids is 2. The lowest BCUT2D eigenvalue weighted by atomic mass is 9.91. The molecule has 1 heterocycles. The third-order valence-corrected chi connectivity index (χ3v) is 5.31. The van der Waals surface area contributed by atoms with Crippen LogP contribution in [0.25, 0.3) is 0 Å². The van der Waals surface area contributed by atoms with E-state index in [0.29, 0.717) is 0 Å². The maximum absolute atomic E-state index is 12.7. The van der Waals surface area contributed by atoms with Gasteiger partial charge < -0.3 is 25.6 Å². The van der Waals surface area contributed by atoms with E-state index in [0.717, 1.165) is 24.9 Å². The summed E-state index contributed by atoms with van der Waals surface area (Å²) in [5.74, 6) is -4.86. The van der Waals surface area contributed by atoms with Crippen LogP contribution in [0.4, 0.5) is 13.2 Å². The molecule has 8 nitrogen and oxygen atoms in total. The number of carbonyl (C=O) groups excluding carboxylic acids is 1. The predicted octanol–water partition coefficient (Wildman–Crippen LogP) is 2.40. The van der Waals surface area contributed by atoms with Gasteiger partial charge in [-0.25, -0.2) is 9.59 Å². The van der Waals surface area contributed by atoms with Crippen LogP contribution in [-0.4, -0.2) is 66.1 Å². The summed E-state index contributed by atoms with van der Waals surface area (Å²) in [6.45, 7) is 4.52. The standard InChI is InChI=1S/C19H28N2O4.C2HF3O2/c1-12(14-8-5-4-6-9-14)16(19(23)24)21-18(22)13(2)17(25-3)15-10-7-11-20-15;3-2(4,5)1(6)7/h4-6,8-9,12-13,15-17,20H,7,10-11H2,1-3H3,(H,21,22)(H,23,24);(H,6,7)/t12-,13+,15-,16-,17+;/m0./s1. The molecule has 0 radical (unpaired) electrons. The van der Waals surface area contributed by atoms with Gasteiger partial charge in [-0.15, -0.1) is 0 Å². The van der Waals surface area contributed by atoms with Crippen LogP contribution >= 0.6 is 0 Å². The second-order valence-electron chi connectivity index (χ2n) is 7.52. The largest absolute Gasteiger partial charge is 0.490 e. The van der Waals surface area contributed by atoms with Crippen LogP contribution in [-0.2, 0) is 19.1 Å². The van der Waals surface area contributed by atoms with Gasteiger partial charge in [0, 0.05) is 19.1 Å². The van der Waals surface area contributed by atoms with Gasteiger partial charge in [0.25, 0.3) is 0 Å². The first kappa shape index (κ1) is 27.4. The van der Waals surface area contributed by atoms with E-state index in [4.69, 9.17) is 14.6 Å². The number of hydrogen-bond acceptors (Lipinski definition) is 5. The van der Waals surface area contributed by atoms with Crippen molar-refractivity contribution in [3.8, 4) is 0 Å². The quantitative estimate of drug-likeness (QED) is 0.468. The summed E-state index contributed by atoms with van der Waals surface area (Å²) in [7, 11) is 1.59. The molecule has 4 N–H and O–H groups in total. The Bertz CT molecular complexity index is 754. The smallest absolute Gasteiger partial charge is 0.480 e. The molecule has 180 valence electrons. The average Bonchev–Trinajstić information content (AvgIpc) is 3.26. The molecular formula is C21H29F3N2O6. The summed E-state index contributed by atoms with van der Waals surface area (Å²) in [4.78, 5) is 33.3. The molecule has 32 heavy (non-hydrogen) atoms. The fourth-order valence-corrected chi connectivity index (χ4v) is 3.49. The van der Waals surface area contributed by atoms with Gasteiger partial charge in [-0.05, 0) is 24.9 Å². The van der Waals surface area contributed by atoms with Crippen LogP contribution in [0.15, 0.2) is 30.3 Å². The van der Waals surface area contributed by atoms with Crippen molar-refractivity contribution in [2.75, 3.05) is 13.7 Å². The Balaban J connectivity index is 0.000000633. The monoisotopic (exact) mass is 462 g/mol. The zero-order chi connectivity index (χ0) is 24.5. The van der Waals surface area contributed by atoms with Crippen LogP contribution in [0.1, 0.15) is 38.2 Å². The average molecular weight is 462 g/mol. The number of carboxylic acid groups (broad SMARTS) is 2. The van der Waals surface area contributed by atoms with Crippen LogP contribution in [0.3, 0.4) is 0 Å². The number of carbonyl (C=O) groups is 3.